The van der Waals surface area contributed by atoms with Gasteiger partial charge in [-0.25, -0.2) is 9.40 Å². The molecule has 0 spiro atoms. The van der Waals surface area contributed by atoms with Crippen molar-refractivity contribution < 1.29 is 33.4 Å². The van der Waals surface area contributed by atoms with Crippen molar-refractivity contribution in [2.45, 2.75) is 96.1 Å². The number of allylic oxidation sites excluding steroid dienone is 3. The van der Waals surface area contributed by atoms with Crippen LogP contribution >= 0.6 is 0 Å². The smallest absolute Gasteiger partial charge is 0.276 e. The highest BCUT2D eigenvalue weighted by Gasteiger charge is 2.49. The van der Waals surface area contributed by atoms with E-state index in [2.05, 4.69) is 61.7 Å². The summed E-state index contributed by atoms with van der Waals surface area (Å²) in [4.78, 5) is 53.9. The molecular weight excluding hydrogens is 940 g/mol. The van der Waals surface area contributed by atoms with Crippen molar-refractivity contribution in [3.05, 3.63) is 130 Å². The van der Waals surface area contributed by atoms with Gasteiger partial charge in [-0.1, -0.05) is 61.5 Å². The summed E-state index contributed by atoms with van der Waals surface area (Å²) in [7, 11) is 6.85. The Morgan fingerprint density at radius 2 is 1.73 bits per heavy atom. The number of hydrazone groups is 2. The van der Waals surface area contributed by atoms with Gasteiger partial charge >= 0.3 is 0 Å². The number of halogens is 1. The van der Waals surface area contributed by atoms with Crippen molar-refractivity contribution in [1.29, 1.82) is 0 Å². The van der Waals surface area contributed by atoms with Crippen LogP contribution in [-0.4, -0.2) is 110 Å². The lowest BCUT2D eigenvalue weighted by Gasteiger charge is -2.39. The summed E-state index contributed by atoms with van der Waals surface area (Å²) < 4.78 is 24.6. The number of anilines is 4. The second-order valence-corrected chi connectivity index (χ2v) is 20.2. The molecule has 4 aromatic rings. The Labute approximate surface area is 432 Å². The average molecular weight is 1010 g/mol. The van der Waals surface area contributed by atoms with E-state index in [9.17, 15) is 24.3 Å². The standard InChI is InChI=1S/C57H67FN10O6/c1-7-34-26-48-57(2,31-34)51(53(65-66(48)5)56(73)62-41-14-9-13-39(27-41)54(71)60-4)44(58)29-38-18-17-36(40-30-50(70)67(6)61-32-40)28-43(38)37-12-8-11-35(25-37)33-74-42-21-23-68(24-22-42)47-16-10-15-45(52(47)59-3)63-46-19-20-49(69)64-55(46)72/h8-18,25-28,32,34,40,42,46,55,59,63,72H,7,19-24,29-31,33H2,1-6H3,(H,60,71)(H,62,73)(H,64,69)/b51-44+/t34?,40?,46?,55?,57-/m0/s1. The van der Waals surface area contributed by atoms with Gasteiger partial charge in [-0.3, -0.25) is 24.2 Å². The maximum atomic E-state index is 17.9. The molecule has 2 saturated heterocycles. The fourth-order valence-electron chi connectivity index (χ4n) is 11.2. The number of carbonyl (C=O) groups excluding carboxylic acids is 4. The van der Waals surface area contributed by atoms with Crippen molar-refractivity contribution in [2.24, 2.45) is 21.5 Å². The SMILES string of the molecule is CCC1C=C2N(C)N=C(C(=O)Nc3cccc(C(=O)NC)c3)/C(=C(\F)Cc3ccc(C4C=NN(C)C(=O)C4)cc3-c3cccc(COC4CCN(c5cccc(NC6CCC(=O)NC6O)c5NC)CC4)c3)[C@@]2(C)C1. The number of benzene rings is 4. The first-order valence-electron chi connectivity index (χ1n) is 25.7. The van der Waals surface area contributed by atoms with Gasteiger partial charge in [-0.05, 0) is 109 Å². The van der Waals surface area contributed by atoms with E-state index in [1.54, 1.807) is 49.6 Å². The number of nitrogens with zero attached hydrogens (tertiary/aromatic N) is 5. The predicted molar refractivity (Wildman–Crippen MR) is 287 cm³/mol. The van der Waals surface area contributed by atoms with E-state index in [0.717, 1.165) is 77.4 Å². The van der Waals surface area contributed by atoms with E-state index < -0.39 is 23.4 Å². The van der Waals surface area contributed by atoms with Gasteiger partial charge < -0.3 is 41.3 Å². The first-order chi connectivity index (χ1) is 35.7. The predicted octanol–water partition coefficient (Wildman–Crippen LogP) is 7.91. The molecule has 5 atom stereocenters. The number of amides is 4. The molecule has 0 aromatic heterocycles. The maximum absolute atomic E-state index is 17.9. The van der Waals surface area contributed by atoms with Gasteiger partial charge in [-0.15, -0.1) is 0 Å². The van der Waals surface area contributed by atoms with Gasteiger partial charge in [0.25, 0.3) is 11.8 Å². The third-order valence-electron chi connectivity index (χ3n) is 15.2. The number of piperidine rings is 2. The number of rotatable bonds is 15. The van der Waals surface area contributed by atoms with Gasteiger partial charge in [0, 0.05) is 101 Å². The van der Waals surface area contributed by atoms with E-state index >= 15 is 4.39 Å². The van der Waals surface area contributed by atoms with E-state index in [4.69, 9.17) is 9.84 Å². The molecule has 388 valence electrons. The number of para-hydroxylation sites is 1. The van der Waals surface area contributed by atoms with E-state index in [1.165, 1.54) is 12.1 Å². The second kappa shape index (κ2) is 22.0. The number of carbonyl (C=O) groups is 4. The average Bonchev–Trinajstić information content (AvgIpc) is 3.77. The van der Waals surface area contributed by atoms with Gasteiger partial charge in [0.15, 0.2) is 5.71 Å². The lowest BCUT2D eigenvalue weighted by molar-refractivity contribution is -0.130. The highest BCUT2D eigenvalue weighted by atomic mass is 19.1. The maximum Gasteiger partial charge on any atom is 0.276 e. The number of hydrogen-bond donors (Lipinski definition) is 6. The van der Waals surface area contributed by atoms with Crippen molar-refractivity contribution in [2.75, 3.05) is 62.1 Å². The van der Waals surface area contributed by atoms with Crippen LogP contribution in [0.4, 0.5) is 27.1 Å². The fraction of sp³-hybridized carbons (Fsp3) is 0.404. The summed E-state index contributed by atoms with van der Waals surface area (Å²) in [5.41, 5.74) is 7.90. The van der Waals surface area contributed by atoms with Crippen LogP contribution in [0.2, 0.25) is 0 Å². The molecule has 0 radical (unpaired) electrons. The quantitative estimate of drug-likeness (QED) is 0.0682. The summed E-state index contributed by atoms with van der Waals surface area (Å²) in [6.45, 7) is 6.01. The van der Waals surface area contributed by atoms with Crippen LogP contribution in [0.15, 0.2) is 118 Å². The Kier molecular flexibility index (Phi) is 15.3. The Balaban J connectivity index is 0.974. The Bertz CT molecular complexity index is 2950. The highest BCUT2D eigenvalue weighted by molar-refractivity contribution is 6.49. The molecule has 1 aliphatic carbocycles. The molecule has 0 bridgehead atoms. The number of nitrogens with one attached hydrogen (secondary N) is 5. The number of aliphatic hydroxyl groups is 1. The topological polar surface area (TPSA) is 192 Å². The zero-order valence-corrected chi connectivity index (χ0v) is 43.0. The van der Waals surface area contributed by atoms with E-state index in [0.29, 0.717) is 42.7 Å². The van der Waals surface area contributed by atoms with Crippen LogP contribution in [-0.2, 0) is 32.1 Å². The summed E-state index contributed by atoms with van der Waals surface area (Å²) in [6, 6.07) is 26.3. The molecule has 4 heterocycles. The minimum atomic E-state index is -0.971. The van der Waals surface area contributed by atoms with Gasteiger partial charge in [0.05, 0.1) is 35.8 Å². The van der Waals surface area contributed by atoms with Crippen molar-refractivity contribution in [3.63, 3.8) is 0 Å². The lowest BCUT2D eigenvalue weighted by Crippen LogP contribution is -2.51. The molecule has 4 aliphatic heterocycles. The molecule has 9 rings (SSSR count). The fourth-order valence-corrected chi connectivity index (χ4v) is 11.2. The van der Waals surface area contributed by atoms with Gasteiger partial charge in [-0.2, -0.15) is 10.2 Å². The number of fused-ring (bicyclic) bond motifs is 1. The van der Waals surface area contributed by atoms with E-state index in [1.807, 2.05) is 62.5 Å². The summed E-state index contributed by atoms with van der Waals surface area (Å²) in [5, 5.41) is 37.6. The second-order valence-electron chi connectivity index (χ2n) is 20.2. The number of ether oxygens (including phenoxy) is 1. The molecule has 4 aromatic carbocycles. The Hall–Kier alpha value is -7.37. The molecule has 6 N–H and O–H groups in total. The summed E-state index contributed by atoms with van der Waals surface area (Å²) >= 11 is 0. The minimum Gasteiger partial charge on any atom is -0.385 e. The molecule has 2 fully saturated rings. The van der Waals surface area contributed by atoms with Crippen LogP contribution in [0, 0.1) is 11.3 Å². The zero-order chi connectivity index (χ0) is 52.3. The van der Waals surface area contributed by atoms with Crippen LogP contribution in [0.1, 0.15) is 91.8 Å². The van der Waals surface area contributed by atoms with Gasteiger partial charge in [0.2, 0.25) is 11.8 Å². The lowest BCUT2D eigenvalue weighted by atomic mass is 9.73. The monoisotopic (exact) mass is 1010 g/mol. The molecule has 0 saturated carbocycles. The van der Waals surface area contributed by atoms with Crippen molar-refractivity contribution in [1.82, 2.24) is 20.7 Å². The number of hydrogen-bond acceptors (Lipinski definition) is 12. The Morgan fingerprint density at radius 3 is 2.47 bits per heavy atom. The molecule has 17 heteroatoms. The molecule has 16 nitrogen and oxygen atoms in total. The molecule has 5 aliphatic rings. The normalized spacial score (nSPS) is 23.6. The first kappa shape index (κ1) is 51.5. The summed E-state index contributed by atoms with van der Waals surface area (Å²) in [5.74, 6) is -1.75. The first-order valence-corrected chi connectivity index (χ1v) is 25.7. The third kappa shape index (κ3) is 10.8. The van der Waals surface area contributed by atoms with E-state index in [-0.39, 0.29) is 65.8 Å². The van der Waals surface area contributed by atoms with Gasteiger partial charge in [0.1, 0.15) is 12.1 Å². The van der Waals surface area contributed by atoms with Crippen LogP contribution < -0.4 is 31.5 Å². The largest absolute Gasteiger partial charge is 0.385 e. The van der Waals surface area contributed by atoms with Crippen LogP contribution in [0.5, 0.6) is 0 Å². The molecule has 4 amide bonds. The Morgan fingerprint density at radius 1 is 0.946 bits per heavy atom. The van der Waals surface area contributed by atoms with Crippen LogP contribution in [0.3, 0.4) is 0 Å². The highest BCUT2D eigenvalue weighted by Crippen LogP contribution is 2.53. The van der Waals surface area contributed by atoms with Crippen molar-refractivity contribution in [3.8, 4) is 11.1 Å². The third-order valence-corrected chi connectivity index (χ3v) is 15.2. The number of aliphatic hydroxyl groups excluding tert-OH is 1. The molecule has 4 unspecified atom stereocenters. The molecular formula is C57H67FN10O6. The van der Waals surface area contributed by atoms with Crippen LogP contribution in [0.25, 0.3) is 11.1 Å². The molecule has 74 heavy (non-hydrogen) atoms. The zero-order valence-electron chi connectivity index (χ0n) is 43.0. The van der Waals surface area contributed by atoms with Crippen molar-refractivity contribution >= 4 is 58.3 Å². The minimum absolute atomic E-state index is 0.0155. The summed E-state index contributed by atoms with van der Waals surface area (Å²) in [6.07, 6.45) is 7.00.